The highest BCUT2D eigenvalue weighted by molar-refractivity contribution is 4.69. The van der Waals surface area contributed by atoms with Crippen molar-refractivity contribution in [2.75, 3.05) is 6.54 Å². The molecule has 0 rings (SSSR count). The van der Waals surface area contributed by atoms with Crippen LogP contribution in [0.2, 0.25) is 0 Å². The lowest BCUT2D eigenvalue weighted by atomic mass is 9.94. The Morgan fingerprint density at radius 1 is 0.700 bits per heavy atom. The third-order valence-corrected chi connectivity index (χ3v) is 5.16. The summed E-state index contributed by atoms with van der Waals surface area (Å²) in [4.78, 5) is 0. The molecule has 0 aliphatic rings. The predicted molar refractivity (Wildman–Crippen MR) is 89.9 cm³/mol. The van der Waals surface area contributed by atoms with E-state index in [1.807, 2.05) is 6.92 Å². The Kier molecular flexibility index (Phi) is 9.74. The quantitative estimate of drug-likeness (QED) is 0.543. The zero-order valence-electron chi connectivity index (χ0n) is 15.2. The van der Waals surface area contributed by atoms with Crippen molar-refractivity contribution in [3.8, 4) is 0 Å². The second kappa shape index (κ2) is 9.78. The van der Waals surface area contributed by atoms with Crippen molar-refractivity contribution in [3.05, 3.63) is 0 Å². The molecule has 0 aromatic rings. The van der Waals surface area contributed by atoms with Gasteiger partial charge in [-0.2, -0.15) is 0 Å². The molecule has 0 aliphatic carbocycles. The van der Waals surface area contributed by atoms with Crippen molar-refractivity contribution in [1.29, 1.82) is 0 Å². The maximum Gasteiger partial charge on any atom is 0.105 e. The van der Waals surface area contributed by atoms with E-state index in [-0.39, 0.29) is 6.10 Å². The van der Waals surface area contributed by atoms with Crippen molar-refractivity contribution in [3.63, 3.8) is 0 Å². The van der Waals surface area contributed by atoms with E-state index in [2.05, 4.69) is 41.5 Å². The van der Waals surface area contributed by atoms with Crippen LogP contribution in [-0.2, 0) is 0 Å². The molecule has 2 heteroatoms. The fourth-order valence-electron chi connectivity index (χ4n) is 4.28. The first kappa shape index (κ1) is 19.9. The highest BCUT2D eigenvalue weighted by Crippen LogP contribution is 2.32. The van der Waals surface area contributed by atoms with Crippen molar-refractivity contribution in [2.24, 2.45) is 0 Å². The third kappa shape index (κ3) is 5.04. The average molecular weight is 287 g/mol. The normalized spacial score (nSPS) is 21.0. The summed E-state index contributed by atoms with van der Waals surface area (Å²) in [6.45, 7) is 16.9. The topological polar surface area (TPSA) is 20.2 Å². The zero-order chi connectivity index (χ0) is 15.8. The Hall–Kier alpha value is -0.0800. The van der Waals surface area contributed by atoms with Crippen molar-refractivity contribution >= 4 is 0 Å². The van der Waals surface area contributed by atoms with Gasteiger partial charge in [0.05, 0.1) is 18.1 Å². The molecule has 0 saturated heterocycles. The van der Waals surface area contributed by atoms with Crippen LogP contribution >= 0.6 is 0 Å². The van der Waals surface area contributed by atoms with Crippen molar-refractivity contribution in [2.45, 2.75) is 111 Å². The lowest BCUT2D eigenvalue weighted by Gasteiger charge is -2.53. The maximum atomic E-state index is 10.1. The molecule has 0 amide bonds. The van der Waals surface area contributed by atoms with E-state index >= 15 is 0 Å². The van der Waals surface area contributed by atoms with Gasteiger partial charge in [0.25, 0.3) is 0 Å². The number of rotatable bonds is 11. The van der Waals surface area contributed by atoms with Crippen LogP contribution in [0.1, 0.15) is 87.0 Å². The number of aliphatic hydroxyl groups is 1. The summed E-state index contributed by atoms with van der Waals surface area (Å²) in [6.07, 6.45) is 7.27. The zero-order valence-corrected chi connectivity index (χ0v) is 15.2. The van der Waals surface area contributed by atoms with Gasteiger partial charge in [-0.3, -0.25) is 0 Å². The van der Waals surface area contributed by atoms with Gasteiger partial charge in [0.15, 0.2) is 0 Å². The first-order chi connectivity index (χ1) is 9.36. The second-order valence-corrected chi connectivity index (χ2v) is 6.94. The fraction of sp³-hybridized carbons (Fsp3) is 1.00. The minimum absolute atomic E-state index is 0.215. The Morgan fingerprint density at radius 2 is 1.00 bits per heavy atom. The van der Waals surface area contributed by atoms with E-state index in [0.29, 0.717) is 18.1 Å². The lowest BCUT2D eigenvalue weighted by molar-refractivity contribution is -0.993. The van der Waals surface area contributed by atoms with Gasteiger partial charge < -0.3 is 9.59 Å². The van der Waals surface area contributed by atoms with Crippen LogP contribution < -0.4 is 0 Å². The summed E-state index contributed by atoms with van der Waals surface area (Å²) < 4.78 is 1.10. The van der Waals surface area contributed by atoms with Gasteiger partial charge in [-0.05, 0) is 47.0 Å². The molecule has 0 fully saturated rings. The Balaban J connectivity index is 5.48. The molecule has 0 aromatic carbocycles. The maximum absolute atomic E-state index is 10.1. The van der Waals surface area contributed by atoms with Crippen LogP contribution in [0, 0.1) is 0 Å². The number of aliphatic hydroxyl groups excluding tert-OH is 1. The molecule has 20 heavy (non-hydrogen) atoms. The van der Waals surface area contributed by atoms with Crippen LogP contribution in [-0.4, -0.2) is 40.4 Å². The predicted octanol–water partition coefficient (Wildman–Crippen LogP) is 4.75. The first-order valence-electron chi connectivity index (χ1n) is 8.91. The molecule has 0 spiro atoms. The Labute approximate surface area is 128 Å². The molecule has 2 nitrogen and oxygen atoms in total. The van der Waals surface area contributed by atoms with Crippen LogP contribution in [0.15, 0.2) is 0 Å². The number of nitrogens with zero attached hydrogens (tertiary/aromatic N) is 1. The molecule has 0 aliphatic heterocycles. The summed E-state index contributed by atoms with van der Waals surface area (Å²) in [5.41, 5.74) is 0. The largest absolute Gasteiger partial charge is 0.388 e. The van der Waals surface area contributed by atoms with Gasteiger partial charge in [0.1, 0.15) is 12.6 Å². The summed E-state index contributed by atoms with van der Waals surface area (Å²) in [7, 11) is 0. The molecule has 0 saturated carbocycles. The van der Waals surface area contributed by atoms with E-state index in [9.17, 15) is 5.11 Å². The van der Waals surface area contributed by atoms with E-state index in [1.54, 1.807) is 0 Å². The van der Waals surface area contributed by atoms with Gasteiger partial charge in [-0.1, -0.05) is 40.0 Å². The van der Waals surface area contributed by atoms with E-state index in [4.69, 9.17) is 0 Å². The lowest BCUT2D eigenvalue weighted by Crippen LogP contribution is -2.66. The fourth-order valence-corrected chi connectivity index (χ4v) is 4.28. The summed E-state index contributed by atoms with van der Waals surface area (Å²) in [5.74, 6) is 0. The molecule has 0 bridgehead atoms. The minimum atomic E-state index is -0.215. The van der Waals surface area contributed by atoms with Crippen molar-refractivity contribution < 1.29 is 9.59 Å². The Morgan fingerprint density at radius 3 is 1.20 bits per heavy atom. The molecule has 4 atom stereocenters. The van der Waals surface area contributed by atoms with Gasteiger partial charge in [0.2, 0.25) is 0 Å². The van der Waals surface area contributed by atoms with E-state index in [1.165, 1.54) is 38.5 Å². The highest BCUT2D eigenvalue weighted by Gasteiger charge is 2.43. The number of quaternary nitrogens is 1. The Bertz CT molecular complexity index is 208. The van der Waals surface area contributed by atoms with Crippen LogP contribution in [0.4, 0.5) is 0 Å². The molecule has 0 aromatic heterocycles. The van der Waals surface area contributed by atoms with Gasteiger partial charge >= 0.3 is 0 Å². The summed E-state index contributed by atoms with van der Waals surface area (Å²) >= 11 is 0. The number of hydrogen-bond acceptors (Lipinski definition) is 1. The van der Waals surface area contributed by atoms with E-state index in [0.717, 1.165) is 11.0 Å². The smallest absolute Gasteiger partial charge is 0.105 e. The molecule has 0 radical (unpaired) electrons. The number of hydrogen-bond donors (Lipinski definition) is 1. The SMILES string of the molecule is CCCC(C)[N+](CC(C)O)(C(C)CCC)C(C)CCC. The summed E-state index contributed by atoms with van der Waals surface area (Å²) in [5, 5.41) is 10.1. The average Bonchev–Trinajstić information content (AvgIpc) is 2.36. The molecule has 122 valence electrons. The molecule has 1 N–H and O–H groups in total. The standard InChI is InChI=1S/C18H40NO/c1-8-11-15(4)19(14-18(7)20,16(5)12-9-2)17(6)13-10-3/h15-18,20H,8-14H2,1-7H3/q+1. The molecular formula is C18H40NO+. The monoisotopic (exact) mass is 286 g/mol. The van der Waals surface area contributed by atoms with Crippen LogP contribution in [0.3, 0.4) is 0 Å². The van der Waals surface area contributed by atoms with Gasteiger partial charge in [-0.15, -0.1) is 0 Å². The highest BCUT2D eigenvalue weighted by atomic mass is 16.3. The van der Waals surface area contributed by atoms with Gasteiger partial charge in [0, 0.05) is 0 Å². The van der Waals surface area contributed by atoms with Gasteiger partial charge in [-0.25, -0.2) is 0 Å². The first-order valence-corrected chi connectivity index (χ1v) is 8.91. The molecular weight excluding hydrogens is 246 g/mol. The molecule has 4 unspecified atom stereocenters. The third-order valence-electron chi connectivity index (χ3n) is 5.16. The minimum Gasteiger partial charge on any atom is -0.388 e. The van der Waals surface area contributed by atoms with Crippen molar-refractivity contribution in [1.82, 2.24) is 0 Å². The van der Waals surface area contributed by atoms with Crippen LogP contribution in [0.25, 0.3) is 0 Å². The van der Waals surface area contributed by atoms with E-state index < -0.39 is 0 Å². The molecule has 0 heterocycles. The second-order valence-electron chi connectivity index (χ2n) is 6.94. The van der Waals surface area contributed by atoms with Crippen LogP contribution in [0.5, 0.6) is 0 Å². The summed E-state index contributed by atoms with van der Waals surface area (Å²) in [6, 6.07) is 1.91.